The van der Waals surface area contributed by atoms with Gasteiger partial charge >= 0.3 is 63.3 Å². The van der Waals surface area contributed by atoms with Crippen molar-refractivity contribution in [3.8, 4) is 0 Å². The van der Waals surface area contributed by atoms with Gasteiger partial charge in [-0.3, -0.25) is 0 Å². The third kappa shape index (κ3) is 37.1. The fourth-order valence-corrected chi connectivity index (χ4v) is 8.37. The molecule has 0 aromatic heterocycles. The van der Waals surface area contributed by atoms with Gasteiger partial charge in [0.1, 0.15) is 10.1 Å². The minimum absolute atomic E-state index is 0. The number of carbonyl (C=O) groups is 2. The Morgan fingerprint density at radius 3 is 0.984 bits per heavy atom. The second-order valence-electron chi connectivity index (χ2n) is 17.2. The maximum absolute atomic E-state index is 13.0. The van der Waals surface area contributed by atoms with Crippen LogP contribution in [0.5, 0.6) is 0 Å². The molecule has 0 fully saturated rings. The van der Waals surface area contributed by atoms with Crippen LogP contribution in [-0.2, 0) is 19.6 Å². The van der Waals surface area contributed by atoms with Crippen molar-refractivity contribution < 1.29 is 83.4 Å². The zero-order valence-corrected chi connectivity index (χ0v) is 43.6. The Labute approximate surface area is 418 Å². The van der Waals surface area contributed by atoms with E-state index in [0.29, 0.717) is 12.8 Å². The number of esters is 2. The Kier molecular flexibility index (Phi) is 43.8. The third-order valence-electron chi connectivity index (χ3n) is 11.7. The van der Waals surface area contributed by atoms with Crippen molar-refractivity contribution in [1.82, 2.24) is 0 Å². The Morgan fingerprint density at radius 1 is 0.443 bits per heavy atom. The van der Waals surface area contributed by atoms with Crippen LogP contribution in [0.15, 0.2) is 47.4 Å². The summed E-state index contributed by atoms with van der Waals surface area (Å²) < 4.78 is 46.0. The molecule has 0 aliphatic rings. The average molecular weight is 897 g/mol. The van der Waals surface area contributed by atoms with Gasteiger partial charge in [-0.05, 0) is 70.6 Å². The van der Waals surface area contributed by atoms with E-state index in [1.54, 1.807) is 0 Å². The first kappa shape index (κ1) is 60.2. The molecule has 0 saturated heterocycles. The summed E-state index contributed by atoms with van der Waals surface area (Å²) in [4.78, 5) is 25.3. The van der Waals surface area contributed by atoms with Gasteiger partial charge in [0.25, 0.3) is 0 Å². The molecule has 0 N–H and O–H groups in total. The summed E-state index contributed by atoms with van der Waals surface area (Å²) in [6.07, 6.45) is 53.9. The van der Waals surface area contributed by atoms with Gasteiger partial charge < -0.3 is 14.0 Å². The number of allylic oxidation sites excluding steroid dienone is 4. The number of carbonyl (C=O) groups excluding carboxylic acids is 2. The van der Waals surface area contributed by atoms with Crippen LogP contribution in [0.25, 0.3) is 0 Å². The topological polar surface area (TPSA) is 110 Å². The molecule has 0 bridgehead atoms. The van der Waals surface area contributed by atoms with Crippen LogP contribution in [0, 0.1) is 0 Å². The SMILES string of the molecule is C/C=C/CCCCCCCCCCCCCCCCCCCOC(=O)c1ccc(S(=O)(=O)[O-])cc1C(=O)OCCCCCCCCCCCCCCCCCCC/C=C/C.[K+]. The Balaban J connectivity index is 0.0000360. The van der Waals surface area contributed by atoms with Gasteiger partial charge in [-0.2, -0.15) is 0 Å². The van der Waals surface area contributed by atoms with Crippen LogP contribution in [0.1, 0.15) is 266 Å². The molecular formula is C52H89KO7S. The third-order valence-corrected chi connectivity index (χ3v) is 12.5. The number of rotatable bonds is 43. The molecule has 1 aromatic rings. The smallest absolute Gasteiger partial charge is 0.744 e. The normalized spacial score (nSPS) is 11.7. The number of unbranched alkanes of at least 4 members (excludes halogenated alkanes) is 34. The Hall–Kier alpha value is -0.814. The van der Waals surface area contributed by atoms with Crippen LogP contribution >= 0.6 is 0 Å². The molecule has 7 nitrogen and oxygen atoms in total. The molecule has 9 heteroatoms. The first-order valence-electron chi connectivity index (χ1n) is 25.0. The van der Waals surface area contributed by atoms with Crippen LogP contribution < -0.4 is 51.4 Å². The maximum Gasteiger partial charge on any atom is 1.00 e. The van der Waals surface area contributed by atoms with Gasteiger partial charge in [-0.25, -0.2) is 18.0 Å². The molecule has 0 amide bonds. The predicted octanol–water partition coefficient (Wildman–Crippen LogP) is 13.1. The molecule has 0 unspecified atom stereocenters. The molecule has 1 aromatic carbocycles. The van der Waals surface area contributed by atoms with E-state index in [1.807, 2.05) is 0 Å². The zero-order chi connectivity index (χ0) is 43.6. The van der Waals surface area contributed by atoms with E-state index in [1.165, 1.54) is 192 Å². The first-order chi connectivity index (χ1) is 29.3. The number of ether oxygens (including phenoxy) is 2. The van der Waals surface area contributed by atoms with Crippen molar-refractivity contribution in [2.75, 3.05) is 13.2 Å². The Morgan fingerprint density at radius 2 is 0.705 bits per heavy atom. The van der Waals surface area contributed by atoms with Gasteiger partial charge in [0.2, 0.25) is 0 Å². The zero-order valence-electron chi connectivity index (χ0n) is 39.7. The maximum atomic E-state index is 13.0. The van der Waals surface area contributed by atoms with Gasteiger partial charge in [0, 0.05) is 0 Å². The summed E-state index contributed by atoms with van der Waals surface area (Å²) in [5.74, 6) is -1.54. The second-order valence-corrected chi connectivity index (χ2v) is 18.5. The molecular weight excluding hydrogens is 808 g/mol. The molecule has 0 heterocycles. The minimum Gasteiger partial charge on any atom is -0.744 e. The standard InChI is InChI=1S/C52H90O7S.K/c1-3-5-7-9-11-13-15-17-19-21-23-25-27-29-31-33-35-37-39-41-45-58-51(53)49-44-43-48(60(55,56)57)47-50(49)52(54)59-46-42-40-38-36-34-32-30-28-26-24-22-20-18-16-14-12-10-8-6-4-2;/h3-6,43-44,47H,7-42,45-46H2,1-2H3,(H,55,56,57);/q;+1/p-1/b5-3+,6-4+;. The van der Waals surface area contributed by atoms with Crippen LogP contribution in [0.2, 0.25) is 0 Å². The van der Waals surface area contributed by atoms with Crippen molar-refractivity contribution in [1.29, 1.82) is 0 Å². The number of benzene rings is 1. The van der Waals surface area contributed by atoms with Crippen molar-refractivity contribution in [3.05, 3.63) is 53.6 Å². The Bertz CT molecular complexity index is 1340. The molecule has 1 rings (SSSR count). The number of hydrogen-bond acceptors (Lipinski definition) is 7. The largest absolute Gasteiger partial charge is 1.00 e. The molecule has 0 atom stereocenters. The van der Waals surface area contributed by atoms with Crippen molar-refractivity contribution in [3.63, 3.8) is 0 Å². The fourth-order valence-electron chi connectivity index (χ4n) is 7.88. The summed E-state index contributed by atoms with van der Waals surface area (Å²) in [5.41, 5.74) is -0.329. The quantitative estimate of drug-likeness (QED) is 0.0211. The van der Waals surface area contributed by atoms with E-state index in [-0.39, 0.29) is 75.7 Å². The van der Waals surface area contributed by atoms with Crippen LogP contribution in [0.3, 0.4) is 0 Å². The van der Waals surface area contributed by atoms with E-state index in [0.717, 1.165) is 44.2 Å². The number of hydrogen-bond donors (Lipinski definition) is 0. The molecule has 0 spiro atoms. The summed E-state index contributed by atoms with van der Waals surface area (Å²) in [7, 11) is -4.82. The van der Waals surface area contributed by atoms with Gasteiger partial charge in [-0.1, -0.05) is 217 Å². The monoisotopic (exact) mass is 897 g/mol. The van der Waals surface area contributed by atoms with E-state index in [4.69, 9.17) is 9.47 Å². The predicted molar refractivity (Wildman–Crippen MR) is 251 cm³/mol. The molecule has 346 valence electrons. The minimum atomic E-state index is -4.82. The van der Waals surface area contributed by atoms with E-state index < -0.39 is 27.0 Å². The van der Waals surface area contributed by atoms with Crippen molar-refractivity contribution in [2.24, 2.45) is 0 Å². The summed E-state index contributed by atoms with van der Waals surface area (Å²) in [6, 6.07) is 3.16. The molecule has 0 aliphatic heterocycles. The van der Waals surface area contributed by atoms with E-state index >= 15 is 0 Å². The van der Waals surface area contributed by atoms with Gasteiger partial charge in [-0.15, -0.1) is 0 Å². The molecule has 0 radical (unpaired) electrons. The molecule has 61 heavy (non-hydrogen) atoms. The van der Waals surface area contributed by atoms with Crippen LogP contribution in [0.4, 0.5) is 0 Å². The molecule has 0 aliphatic carbocycles. The van der Waals surface area contributed by atoms with E-state index in [2.05, 4.69) is 38.2 Å². The van der Waals surface area contributed by atoms with Crippen molar-refractivity contribution in [2.45, 2.75) is 250 Å². The summed E-state index contributed by atoms with van der Waals surface area (Å²) in [6.45, 7) is 4.56. The molecule has 0 saturated carbocycles. The summed E-state index contributed by atoms with van der Waals surface area (Å²) in [5, 5.41) is 0. The van der Waals surface area contributed by atoms with E-state index in [9.17, 15) is 22.6 Å². The van der Waals surface area contributed by atoms with Gasteiger partial charge in [0.15, 0.2) is 0 Å². The van der Waals surface area contributed by atoms with Crippen LogP contribution in [-0.4, -0.2) is 38.1 Å². The fraction of sp³-hybridized carbons (Fsp3) is 0.769. The van der Waals surface area contributed by atoms with Gasteiger partial charge in [0.05, 0.1) is 29.2 Å². The summed E-state index contributed by atoms with van der Waals surface area (Å²) >= 11 is 0. The van der Waals surface area contributed by atoms with Crippen molar-refractivity contribution >= 4 is 22.1 Å². The average Bonchev–Trinajstić information content (AvgIpc) is 3.24. The first-order valence-corrected chi connectivity index (χ1v) is 26.4. The second kappa shape index (κ2) is 44.4.